The number of hydrogen-bond acceptors (Lipinski definition) is 10. The molecule has 48 heavy (non-hydrogen) atoms. The highest BCUT2D eigenvalue weighted by atomic mass is 35.5. The van der Waals surface area contributed by atoms with Gasteiger partial charge in [-0.15, -0.1) is 0 Å². The molecule has 2 aromatic carbocycles. The zero-order valence-electron chi connectivity index (χ0n) is 25.9. The molecule has 0 N–H and O–H groups in total. The fourth-order valence-electron chi connectivity index (χ4n) is 6.58. The molecule has 2 fully saturated rings. The number of para-hydroxylation sites is 1. The van der Waals surface area contributed by atoms with Crippen molar-refractivity contribution in [3.63, 3.8) is 0 Å². The van der Waals surface area contributed by atoms with Crippen molar-refractivity contribution in [1.29, 1.82) is 0 Å². The summed E-state index contributed by atoms with van der Waals surface area (Å²) in [6.07, 6.45) is 6.78. The minimum atomic E-state index is -4.13. The summed E-state index contributed by atoms with van der Waals surface area (Å²) in [7, 11) is -4.13. The van der Waals surface area contributed by atoms with Gasteiger partial charge in [-0.2, -0.15) is 13.5 Å². The number of fused-ring (bicyclic) bond motifs is 2. The molecule has 6 heterocycles. The second-order valence-corrected chi connectivity index (χ2v) is 14.0. The summed E-state index contributed by atoms with van der Waals surface area (Å²) in [6, 6.07) is 16.6. The molecule has 2 aliphatic heterocycles. The van der Waals surface area contributed by atoms with Gasteiger partial charge in [-0.25, -0.2) is 19.5 Å². The van der Waals surface area contributed by atoms with Gasteiger partial charge in [-0.05, 0) is 56.5 Å². The second kappa shape index (κ2) is 12.1. The number of benzene rings is 2. The average Bonchev–Trinajstić information content (AvgIpc) is 3.82. The Bertz CT molecular complexity index is 2300. The maximum atomic E-state index is 14.2. The molecule has 0 amide bonds. The number of aryl methyl sites for hydroxylation is 1. The van der Waals surface area contributed by atoms with Crippen molar-refractivity contribution < 1.29 is 17.3 Å². The first kappa shape index (κ1) is 30.7. The molecular weight excluding hydrogens is 656 g/mol. The first-order valence-electron chi connectivity index (χ1n) is 15.7. The molecule has 4 aromatic heterocycles. The van der Waals surface area contributed by atoms with Gasteiger partial charge in [-0.1, -0.05) is 47.5 Å². The molecule has 0 radical (unpaired) electrons. The Morgan fingerprint density at radius 2 is 1.81 bits per heavy atom. The zero-order valence-corrected chi connectivity index (χ0v) is 27.5. The molecule has 0 spiro atoms. The predicted molar refractivity (Wildman–Crippen MR) is 178 cm³/mol. The van der Waals surface area contributed by atoms with Crippen molar-refractivity contribution in [3.8, 4) is 5.69 Å². The van der Waals surface area contributed by atoms with E-state index in [4.69, 9.17) is 30.6 Å². The first-order chi connectivity index (χ1) is 23.3. The van der Waals surface area contributed by atoms with E-state index in [1.807, 2.05) is 46.7 Å². The van der Waals surface area contributed by atoms with Crippen molar-refractivity contribution in [2.75, 3.05) is 18.1 Å². The molecule has 13 nitrogen and oxygen atoms in total. The van der Waals surface area contributed by atoms with E-state index in [1.54, 1.807) is 30.7 Å². The summed E-state index contributed by atoms with van der Waals surface area (Å²) in [5.74, 6) is 0.810. The summed E-state index contributed by atoms with van der Waals surface area (Å²) in [5.41, 5.74) is 2.45. The van der Waals surface area contributed by atoms with Crippen LogP contribution in [0.4, 0.5) is 5.82 Å². The van der Waals surface area contributed by atoms with Gasteiger partial charge >= 0.3 is 0 Å². The van der Waals surface area contributed by atoms with E-state index in [0.717, 1.165) is 24.8 Å². The Kier molecular flexibility index (Phi) is 7.74. The Morgan fingerprint density at radius 3 is 2.58 bits per heavy atom. The van der Waals surface area contributed by atoms with Crippen molar-refractivity contribution in [2.45, 2.75) is 55.9 Å². The monoisotopic (exact) mass is 686 g/mol. The van der Waals surface area contributed by atoms with Crippen molar-refractivity contribution in [3.05, 3.63) is 106 Å². The van der Waals surface area contributed by atoms with E-state index in [2.05, 4.69) is 9.97 Å². The Balaban J connectivity index is 1.28. The molecular formula is C33H31ClN8O5S. The van der Waals surface area contributed by atoms with Crippen LogP contribution >= 0.6 is 11.6 Å². The molecule has 2 aliphatic rings. The summed E-state index contributed by atoms with van der Waals surface area (Å²) >= 11 is 6.46. The quantitative estimate of drug-likeness (QED) is 0.211. The highest BCUT2D eigenvalue weighted by Gasteiger charge is 2.42. The topological polar surface area (TPSA) is 139 Å². The third-order valence-corrected chi connectivity index (χ3v) is 10.6. The maximum Gasteiger partial charge on any atom is 0.297 e. The van der Waals surface area contributed by atoms with E-state index < -0.39 is 22.3 Å². The number of hydrogen-bond donors (Lipinski definition) is 0. The van der Waals surface area contributed by atoms with Gasteiger partial charge in [-0.3, -0.25) is 18.1 Å². The summed E-state index contributed by atoms with van der Waals surface area (Å²) in [4.78, 5) is 30.1. The molecule has 0 saturated carbocycles. The normalized spacial score (nSPS) is 20.2. The van der Waals surface area contributed by atoms with Crippen LogP contribution in [-0.2, 0) is 19.0 Å². The Morgan fingerprint density at radius 1 is 1.00 bits per heavy atom. The maximum absolute atomic E-state index is 14.2. The summed E-state index contributed by atoms with van der Waals surface area (Å²) in [6.45, 7) is 2.65. The van der Waals surface area contributed by atoms with E-state index in [-0.39, 0.29) is 40.2 Å². The SMILES string of the molecule is Cc1ccc(S(=O)(=O)O[C@H]2C[C@@H](c3nn4ccc(Cl)c4c(=O)n3-c3ccccc3)N(c3ncnc4c3ncn4C3CCCCO3)C2)cc1. The van der Waals surface area contributed by atoms with Crippen LogP contribution in [0.1, 0.15) is 49.3 Å². The smallest absolute Gasteiger partial charge is 0.297 e. The van der Waals surface area contributed by atoms with Gasteiger partial charge in [0.1, 0.15) is 18.1 Å². The van der Waals surface area contributed by atoms with Crippen LogP contribution in [0.2, 0.25) is 5.02 Å². The van der Waals surface area contributed by atoms with E-state index >= 15 is 0 Å². The van der Waals surface area contributed by atoms with Crippen LogP contribution in [-0.4, -0.2) is 61.4 Å². The van der Waals surface area contributed by atoms with Crippen molar-refractivity contribution in [1.82, 2.24) is 33.7 Å². The molecule has 0 bridgehead atoms. The lowest BCUT2D eigenvalue weighted by Gasteiger charge is -2.27. The number of rotatable bonds is 7. The fraction of sp³-hybridized carbons (Fsp3) is 0.303. The molecule has 1 unspecified atom stereocenters. The standard InChI is InChI=1S/C33H31ClN8O5S/c1-21-10-12-24(13-11-21)48(44,45)47-23-17-26(30-38-41-15-14-25(34)29(41)33(43)42(30)22-7-3-2-4-8-22)39(18-23)31-28-32(36-19-35-31)40(20-37-28)27-9-5-6-16-46-27/h2-4,7-8,10-15,19-20,23,26-27H,5-6,9,16-18H2,1H3/t23-,26-,27?/m0/s1. The second-order valence-electron chi connectivity index (χ2n) is 12.0. The minimum absolute atomic E-state index is 0.0569. The predicted octanol–water partition coefficient (Wildman–Crippen LogP) is 5.01. The van der Waals surface area contributed by atoms with Crippen LogP contribution in [0, 0.1) is 6.92 Å². The largest absolute Gasteiger partial charge is 0.358 e. The zero-order chi connectivity index (χ0) is 33.0. The minimum Gasteiger partial charge on any atom is -0.358 e. The summed E-state index contributed by atoms with van der Waals surface area (Å²) < 4.78 is 43.8. The lowest BCUT2D eigenvalue weighted by Crippen LogP contribution is -2.33. The number of imidazole rings is 1. The van der Waals surface area contributed by atoms with Crippen LogP contribution in [0.5, 0.6) is 0 Å². The third-order valence-electron chi connectivity index (χ3n) is 8.89. The van der Waals surface area contributed by atoms with Crippen LogP contribution in [0.25, 0.3) is 22.4 Å². The first-order valence-corrected chi connectivity index (χ1v) is 17.5. The number of ether oxygens (including phenoxy) is 1. The van der Waals surface area contributed by atoms with Gasteiger partial charge in [0.05, 0.1) is 34.1 Å². The van der Waals surface area contributed by atoms with Gasteiger partial charge in [0.2, 0.25) is 0 Å². The lowest BCUT2D eigenvalue weighted by molar-refractivity contribution is -0.0298. The van der Waals surface area contributed by atoms with Crippen molar-refractivity contribution >= 4 is 44.2 Å². The number of aromatic nitrogens is 7. The number of anilines is 1. The van der Waals surface area contributed by atoms with Crippen molar-refractivity contribution in [2.24, 2.45) is 0 Å². The molecule has 15 heteroatoms. The molecule has 2 saturated heterocycles. The van der Waals surface area contributed by atoms with E-state index in [1.165, 1.54) is 27.5 Å². The molecule has 3 atom stereocenters. The van der Waals surface area contributed by atoms with Gasteiger partial charge < -0.3 is 9.64 Å². The van der Waals surface area contributed by atoms with Gasteiger partial charge in [0.25, 0.3) is 15.7 Å². The molecule has 8 rings (SSSR count). The van der Waals surface area contributed by atoms with Gasteiger partial charge in [0, 0.05) is 25.8 Å². The van der Waals surface area contributed by atoms with E-state index in [9.17, 15) is 13.2 Å². The fourth-order valence-corrected chi connectivity index (χ4v) is 7.88. The molecule has 6 aromatic rings. The number of halogens is 1. The van der Waals surface area contributed by atoms with Crippen LogP contribution in [0.15, 0.2) is 89.2 Å². The van der Waals surface area contributed by atoms with E-state index in [0.29, 0.717) is 35.1 Å². The highest BCUT2D eigenvalue weighted by Crippen LogP contribution is 2.40. The molecule has 0 aliphatic carbocycles. The lowest BCUT2D eigenvalue weighted by atomic mass is 10.1. The average molecular weight is 687 g/mol. The third kappa shape index (κ3) is 5.34. The summed E-state index contributed by atoms with van der Waals surface area (Å²) in [5, 5.41) is 5.18. The van der Waals surface area contributed by atoms with Crippen LogP contribution in [0.3, 0.4) is 0 Å². The number of nitrogens with zero attached hydrogens (tertiary/aromatic N) is 8. The Labute approximate surface area is 280 Å². The highest BCUT2D eigenvalue weighted by molar-refractivity contribution is 7.86. The van der Waals surface area contributed by atoms with Crippen LogP contribution < -0.4 is 10.5 Å². The Hall–Kier alpha value is -4.63. The molecule has 246 valence electrons. The van der Waals surface area contributed by atoms with Gasteiger partial charge in [0.15, 0.2) is 22.8 Å².